The van der Waals surface area contributed by atoms with Gasteiger partial charge in [0.25, 0.3) is 5.91 Å². The summed E-state index contributed by atoms with van der Waals surface area (Å²) in [6.45, 7) is 2.95. The van der Waals surface area contributed by atoms with Gasteiger partial charge in [-0.15, -0.1) is 0 Å². The van der Waals surface area contributed by atoms with Gasteiger partial charge in [0.1, 0.15) is 0 Å². The summed E-state index contributed by atoms with van der Waals surface area (Å²) in [6, 6.07) is 10.1. The average Bonchev–Trinajstić information content (AvgIpc) is 2.97. The molecule has 2 aromatic rings. The minimum atomic E-state index is 0.114. The number of para-hydroxylation sites is 1. The fourth-order valence-corrected chi connectivity index (χ4v) is 2.98. The monoisotopic (exact) mass is 243 g/mol. The van der Waals surface area contributed by atoms with E-state index in [0.29, 0.717) is 5.92 Å². The number of hydrogen-bond acceptors (Lipinski definition) is 2. The Morgan fingerprint density at radius 2 is 2.18 bits per heavy atom. The van der Waals surface area contributed by atoms with Gasteiger partial charge >= 0.3 is 0 Å². The van der Waals surface area contributed by atoms with Crippen LogP contribution in [-0.4, -0.2) is 12.5 Å². The maximum Gasteiger partial charge on any atom is 0.259 e. The van der Waals surface area contributed by atoms with E-state index in [1.807, 2.05) is 39.9 Å². The summed E-state index contributed by atoms with van der Waals surface area (Å²) in [6.07, 6.45) is 0. The van der Waals surface area contributed by atoms with Gasteiger partial charge in [-0.2, -0.15) is 11.3 Å². The molecule has 86 valence electrons. The molecule has 2 nitrogen and oxygen atoms in total. The van der Waals surface area contributed by atoms with Crippen molar-refractivity contribution in [2.24, 2.45) is 0 Å². The summed E-state index contributed by atoms with van der Waals surface area (Å²) in [5, 5.41) is 3.85. The van der Waals surface area contributed by atoms with Crippen molar-refractivity contribution in [3.8, 4) is 0 Å². The van der Waals surface area contributed by atoms with Gasteiger partial charge in [0, 0.05) is 23.5 Å². The van der Waals surface area contributed by atoms with Crippen molar-refractivity contribution in [3.63, 3.8) is 0 Å². The molecule has 0 saturated heterocycles. The fourth-order valence-electron chi connectivity index (χ4n) is 2.35. The molecule has 0 radical (unpaired) electrons. The highest BCUT2D eigenvalue weighted by Gasteiger charge is 2.29. The molecule has 3 heteroatoms. The molecule has 17 heavy (non-hydrogen) atoms. The molecule has 0 saturated carbocycles. The molecule has 1 atom stereocenters. The van der Waals surface area contributed by atoms with E-state index in [1.54, 1.807) is 11.3 Å². The van der Waals surface area contributed by atoms with Crippen molar-refractivity contribution in [1.82, 2.24) is 0 Å². The lowest BCUT2D eigenvalue weighted by molar-refractivity contribution is 0.0989. The zero-order valence-corrected chi connectivity index (χ0v) is 10.4. The van der Waals surface area contributed by atoms with E-state index in [9.17, 15) is 4.79 Å². The fraction of sp³-hybridized carbons (Fsp3) is 0.214. The number of fused-ring (bicyclic) bond motifs is 1. The van der Waals surface area contributed by atoms with E-state index in [2.05, 4.69) is 13.0 Å². The van der Waals surface area contributed by atoms with Crippen LogP contribution in [-0.2, 0) is 0 Å². The number of hydrogen-bond donors (Lipinski definition) is 0. The highest BCUT2D eigenvalue weighted by Crippen LogP contribution is 2.36. The van der Waals surface area contributed by atoms with Crippen LogP contribution in [0.2, 0.25) is 0 Å². The molecule has 0 bridgehead atoms. The molecule has 1 aliphatic rings. The molecule has 0 N–H and O–H groups in total. The van der Waals surface area contributed by atoms with Crippen LogP contribution in [0, 0.1) is 0 Å². The van der Waals surface area contributed by atoms with E-state index in [-0.39, 0.29) is 5.91 Å². The lowest BCUT2D eigenvalue weighted by atomic mass is 10.0. The summed E-state index contributed by atoms with van der Waals surface area (Å²) in [4.78, 5) is 14.2. The predicted octanol–water partition coefficient (Wildman–Crippen LogP) is 3.51. The van der Waals surface area contributed by atoms with Crippen LogP contribution in [0.5, 0.6) is 0 Å². The molecular weight excluding hydrogens is 230 g/mol. The number of rotatable bonds is 1. The third-order valence-corrected chi connectivity index (χ3v) is 3.91. The van der Waals surface area contributed by atoms with E-state index < -0.39 is 0 Å². The smallest absolute Gasteiger partial charge is 0.259 e. The second-order valence-corrected chi connectivity index (χ2v) is 5.17. The van der Waals surface area contributed by atoms with Crippen LogP contribution in [0.15, 0.2) is 41.1 Å². The van der Waals surface area contributed by atoms with Gasteiger partial charge in [0.2, 0.25) is 0 Å². The van der Waals surface area contributed by atoms with E-state index in [1.165, 1.54) is 5.56 Å². The van der Waals surface area contributed by atoms with Crippen molar-refractivity contribution < 1.29 is 4.79 Å². The second-order valence-electron chi connectivity index (χ2n) is 4.39. The Bertz CT molecular complexity index is 547. The first kappa shape index (κ1) is 10.5. The molecule has 1 aromatic heterocycles. The Morgan fingerprint density at radius 3 is 2.94 bits per heavy atom. The maximum absolute atomic E-state index is 12.3. The normalized spacial score (nSPS) is 18.2. The molecule has 1 aliphatic heterocycles. The van der Waals surface area contributed by atoms with Gasteiger partial charge in [-0.1, -0.05) is 25.1 Å². The van der Waals surface area contributed by atoms with Gasteiger partial charge < -0.3 is 4.90 Å². The standard InChI is InChI=1S/C14H13NOS/c1-10-8-15(13-5-3-2-4-12(10)13)14(16)11-6-7-17-9-11/h2-7,9-10H,8H2,1H3. The quantitative estimate of drug-likeness (QED) is 0.750. The van der Waals surface area contributed by atoms with Crippen molar-refractivity contribution in [1.29, 1.82) is 0 Å². The van der Waals surface area contributed by atoms with Crippen LogP contribution in [0.4, 0.5) is 5.69 Å². The summed E-state index contributed by atoms with van der Waals surface area (Å²) >= 11 is 1.56. The molecular formula is C14H13NOS. The van der Waals surface area contributed by atoms with Crippen LogP contribution >= 0.6 is 11.3 Å². The average molecular weight is 243 g/mol. The molecule has 1 amide bonds. The lowest BCUT2D eigenvalue weighted by Crippen LogP contribution is -2.29. The Labute approximate surface area is 105 Å². The predicted molar refractivity (Wildman–Crippen MR) is 70.9 cm³/mol. The van der Waals surface area contributed by atoms with Crippen molar-refractivity contribution >= 4 is 22.9 Å². The molecule has 1 unspecified atom stereocenters. The van der Waals surface area contributed by atoms with Crippen LogP contribution < -0.4 is 4.90 Å². The summed E-state index contributed by atoms with van der Waals surface area (Å²) in [5.41, 5.74) is 3.13. The lowest BCUT2D eigenvalue weighted by Gasteiger charge is -2.16. The number of amides is 1. The van der Waals surface area contributed by atoms with Crippen molar-refractivity contribution in [2.45, 2.75) is 12.8 Å². The topological polar surface area (TPSA) is 20.3 Å². The minimum absolute atomic E-state index is 0.114. The van der Waals surface area contributed by atoms with Gasteiger partial charge in [-0.05, 0) is 23.1 Å². The van der Waals surface area contributed by atoms with Gasteiger partial charge in [0.15, 0.2) is 0 Å². The summed E-state index contributed by atoms with van der Waals surface area (Å²) < 4.78 is 0. The Morgan fingerprint density at radius 1 is 1.35 bits per heavy atom. The third kappa shape index (κ3) is 1.67. The number of thiophene rings is 1. The number of nitrogens with zero attached hydrogens (tertiary/aromatic N) is 1. The van der Waals surface area contributed by atoms with Crippen LogP contribution in [0.3, 0.4) is 0 Å². The van der Waals surface area contributed by atoms with Crippen LogP contribution in [0.25, 0.3) is 0 Å². The third-order valence-electron chi connectivity index (χ3n) is 3.23. The minimum Gasteiger partial charge on any atom is -0.307 e. The van der Waals surface area contributed by atoms with Crippen molar-refractivity contribution in [2.75, 3.05) is 11.4 Å². The number of carbonyl (C=O) groups is 1. The first-order chi connectivity index (χ1) is 8.27. The van der Waals surface area contributed by atoms with E-state index >= 15 is 0 Å². The van der Waals surface area contributed by atoms with Gasteiger partial charge in [0.05, 0.1) is 5.56 Å². The largest absolute Gasteiger partial charge is 0.307 e. The van der Waals surface area contributed by atoms with E-state index in [0.717, 1.165) is 17.8 Å². The highest BCUT2D eigenvalue weighted by molar-refractivity contribution is 7.08. The number of anilines is 1. The maximum atomic E-state index is 12.3. The zero-order chi connectivity index (χ0) is 11.8. The Kier molecular flexibility index (Phi) is 2.48. The molecule has 2 heterocycles. The highest BCUT2D eigenvalue weighted by atomic mass is 32.1. The van der Waals surface area contributed by atoms with Crippen LogP contribution in [0.1, 0.15) is 28.8 Å². The SMILES string of the molecule is CC1CN(C(=O)c2ccsc2)c2ccccc21. The summed E-state index contributed by atoms with van der Waals surface area (Å²) in [5.74, 6) is 0.539. The first-order valence-corrected chi connectivity index (χ1v) is 6.64. The Hall–Kier alpha value is -1.61. The van der Waals surface area contributed by atoms with Gasteiger partial charge in [-0.3, -0.25) is 4.79 Å². The molecule has 3 rings (SSSR count). The zero-order valence-electron chi connectivity index (χ0n) is 9.59. The number of benzene rings is 1. The molecule has 0 spiro atoms. The summed E-state index contributed by atoms with van der Waals surface area (Å²) in [7, 11) is 0. The van der Waals surface area contributed by atoms with Crippen molar-refractivity contribution in [3.05, 3.63) is 52.2 Å². The first-order valence-electron chi connectivity index (χ1n) is 5.70. The Balaban J connectivity index is 1.99. The van der Waals surface area contributed by atoms with Gasteiger partial charge in [-0.25, -0.2) is 0 Å². The molecule has 1 aromatic carbocycles. The molecule has 0 aliphatic carbocycles. The molecule has 0 fully saturated rings. The number of carbonyl (C=O) groups excluding carboxylic acids is 1. The second kappa shape index (κ2) is 4.00. The van der Waals surface area contributed by atoms with E-state index in [4.69, 9.17) is 0 Å².